The van der Waals surface area contributed by atoms with Crippen LogP contribution in [0.4, 0.5) is 22.7 Å². The largest absolute Gasteiger partial charge is 2.00 e. The molecule has 2 aliphatic rings. The van der Waals surface area contributed by atoms with Gasteiger partial charge in [0.05, 0.1) is 22.7 Å². The quantitative estimate of drug-likeness (QED) is 0.0520. The summed E-state index contributed by atoms with van der Waals surface area (Å²) in [5.41, 5.74) is 2.70. The molecule has 0 aliphatic carbocycles. The summed E-state index contributed by atoms with van der Waals surface area (Å²) in [5.74, 6) is 0. The normalized spacial score (nSPS) is 15.3. The Morgan fingerprint density at radius 3 is 0.898 bits per heavy atom. The number of fused-ring (bicyclic) bond motifs is 2. The van der Waals surface area contributed by atoms with Gasteiger partial charge >= 0.3 is 37.7 Å². The van der Waals surface area contributed by atoms with E-state index in [-0.39, 0.29) is 50.6 Å². The third-order valence-electron chi connectivity index (χ3n) is 9.32. The molecule has 0 aromatic heterocycles. The number of unbranched alkanes of at least 4 members (excludes halogenated alkanes) is 16. The van der Waals surface area contributed by atoms with Crippen LogP contribution in [0.2, 0.25) is 0 Å². The first-order chi connectivity index (χ1) is 23.0. The number of hydrogen-bond donors (Lipinski definition) is 4. The van der Waals surface area contributed by atoms with E-state index >= 15 is 0 Å². The van der Waals surface area contributed by atoms with Crippen molar-refractivity contribution in [2.45, 2.75) is 152 Å². The van der Waals surface area contributed by atoms with Gasteiger partial charge in [-0.25, -0.2) is 16.8 Å². The van der Waals surface area contributed by atoms with Crippen LogP contribution in [-0.4, -0.2) is 73.7 Å². The number of hydrogen-bond acceptors (Lipinski definition) is 10. The van der Waals surface area contributed by atoms with Crippen LogP contribution in [0.15, 0.2) is 48.5 Å². The Hall–Kier alpha value is -1.28. The molecule has 0 amide bonds. The molecule has 0 spiro atoms. The second kappa shape index (κ2) is 21.9. The van der Waals surface area contributed by atoms with Gasteiger partial charge in [-0.3, -0.25) is 0 Å². The molecule has 2 aliphatic heterocycles. The van der Waals surface area contributed by atoms with Gasteiger partial charge < -0.3 is 30.4 Å². The Labute approximate surface area is 326 Å². The summed E-state index contributed by atoms with van der Waals surface area (Å²) in [5, 5.41) is 11.6. The van der Waals surface area contributed by atoms with E-state index < -0.39 is 30.2 Å². The van der Waals surface area contributed by atoms with Crippen LogP contribution < -0.4 is 21.3 Å². The smallest absolute Gasteiger partial charge is 0.745 e. The maximum absolute atomic E-state index is 11.8. The molecule has 272 valence electrons. The predicted molar refractivity (Wildman–Crippen MR) is 202 cm³/mol. The van der Waals surface area contributed by atoms with E-state index in [0.29, 0.717) is 35.6 Å². The van der Waals surface area contributed by atoms with E-state index in [9.17, 15) is 25.9 Å². The molecule has 0 saturated carbocycles. The average molecular weight is 747 g/mol. The summed E-state index contributed by atoms with van der Waals surface area (Å²) in [6, 6.07) is 14.4. The maximum atomic E-state index is 11.8. The molecule has 2 aromatic carbocycles. The zero-order chi connectivity index (χ0) is 34.9. The second-order valence-electron chi connectivity index (χ2n) is 13.3. The van der Waals surface area contributed by atoms with Gasteiger partial charge in [-0.15, -0.1) is 0 Å². The molecule has 49 heavy (non-hydrogen) atoms. The minimum atomic E-state index is -4.51. The molecular weight excluding hydrogens is 689 g/mol. The van der Waals surface area contributed by atoms with Crippen molar-refractivity contribution < 1.29 is 25.9 Å². The standard InChI is InChI=1S/2C18H30N2O3S.Ca/c2*1-2-3-4-5-6-7-8-9-12-15-18(24(21,22)23)19-16-13-10-11-14-17(16)20-18;/h2*10-11,13-14,19-20H,2-9,12,15H2,1H3,(H,21,22,23);/q;;+2/p-2. The average Bonchev–Trinajstić information content (AvgIpc) is 3.63. The molecule has 10 nitrogen and oxygen atoms in total. The summed E-state index contributed by atoms with van der Waals surface area (Å²) >= 11 is 0. The molecule has 4 rings (SSSR count). The fraction of sp³-hybridized carbons (Fsp3) is 0.667. The number of nitrogens with one attached hydrogen (secondary N) is 4. The van der Waals surface area contributed by atoms with Crippen LogP contribution in [0.1, 0.15) is 142 Å². The van der Waals surface area contributed by atoms with Gasteiger partial charge in [-0.1, -0.05) is 141 Å². The van der Waals surface area contributed by atoms with Crippen molar-refractivity contribution in [3.05, 3.63) is 48.5 Å². The minimum Gasteiger partial charge on any atom is -0.745 e. The van der Waals surface area contributed by atoms with Crippen molar-refractivity contribution >= 4 is 80.7 Å². The van der Waals surface area contributed by atoms with E-state index in [1.165, 1.54) is 77.0 Å². The van der Waals surface area contributed by atoms with Gasteiger partial charge in [0.1, 0.15) is 20.2 Å². The Balaban J connectivity index is 0.000000333. The summed E-state index contributed by atoms with van der Waals surface area (Å²) in [6.45, 7) is 4.42. The van der Waals surface area contributed by atoms with Crippen LogP contribution in [0, 0.1) is 0 Å². The zero-order valence-electron chi connectivity index (χ0n) is 29.7. The third-order valence-corrected chi connectivity index (χ3v) is 11.8. The third kappa shape index (κ3) is 13.7. The topological polar surface area (TPSA) is 163 Å². The summed E-state index contributed by atoms with van der Waals surface area (Å²) in [7, 11) is -9.02. The monoisotopic (exact) mass is 746 g/mol. The van der Waals surface area contributed by atoms with Crippen LogP contribution in [-0.2, 0) is 20.2 Å². The van der Waals surface area contributed by atoms with Crippen molar-refractivity contribution in [2.75, 3.05) is 21.3 Å². The van der Waals surface area contributed by atoms with E-state index in [1.54, 1.807) is 24.3 Å². The van der Waals surface area contributed by atoms with E-state index in [0.717, 1.165) is 25.7 Å². The Bertz CT molecular complexity index is 1300. The molecule has 0 saturated heterocycles. The van der Waals surface area contributed by atoms with Crippen molar-refractivity contribution in [3.63, 3.8) is 0 Å². The van der Waals surface area contributed by atoms with E-state index in [4.69, 9.17) is 0 Å². The van der Waals surface area contributed by atoms with Gasteiger partial charge in [0, 0.05) is 12.8 Å². The predicted octanol–water partition coefficient (Wildman–Crippen LogP) is 8.91. The van der Waals surface area contributed by atoms with Crippen molar-refractivity contribution in [1.82, 2.24) is 0 Å². The first-order valence-electron chi connectivity index (χ1n) is 18.2. The molecule has 0 radical (unpaired) electrons. The van der Waals surface area contributed by atoms with Crippen LogP contribution >= 0.6 is 0 Å². The summed E-state index contributed by atoms with van der Waals surface area (Å²) in [4.78, 5) is -3.20. The van der Waals surface area contributed by atoms with Crippen LogP contribution in [0.3, 0.4) is 0 Å². The SMILES string of the molecule is CCCCCCCCCCCC1(S(=O)(=O)[O-])Nc2ccccc2N1.CCCCCCCCCCCC1(S(=O)(=O)[O-])Nc2ccccc2N1.[Ca+2]. The maximum Gasteiger partial charge on any atom is 2.00 e. The molecular formula is C36H58CaN4O6S2. The first-order valence-corrected chi connectivity index (χ1v) is 21.0. The fourth-order valence-corrected chi connectivity index (χ4v) is 8.18. The summed E-state index contributed by atoms with van der Waals surface area (Å²) in [6.07, 6.45) is 21.2. The molecule has 0 bridgehead atoms. The number of para-hydroxylation sites is 4. The molecule has 4 N–H and O–H groups in total. The summed E-state index contributed by atoms with van der Waals surface area (Å²) < 4.78 is 70.9. The van der Waals surface area contributed by atoms with Crippen molar-refractivity contribution in [1.29, 1.82) is 0 Å². The van der Waals surface area contributed by atoms with Crippen molar-refractivity contribution in [3.8, 4) is 0 Å². The van der Waals surface area contributed by atoms with Crippen LogP contribution in [0.25, 0.3) is 0 Å². The number of rotatable bonds is 22. The van der Waals surface area contributed by atoms with Gasteiger partial charge in [0.25, 0.3) is 0 Å². The van der Waals surface area contributed by atoms with Gasteiger partial charge in [-0.05, 0) is 37.1 Å². The second-order valence-corrected chi connectivity index (χ2v) is 16.5. The van der Waals surface area contributed by atoms with Crippen LogP contribution in [0.5, 0.6) is 0 Å². The molecule has 13 heteroatoms. The van der Waals surface area contributed by atoms with E-state index in [2.05, 4.69) is 35.1 Å². The van der Waals surface area contributed by atoms with E-state index in [1.807, 2.05) is 24.3 Å². The Morgan fingerprint density at radius 2 is 0.673 bits per heavy atom. The molecule has 0 fully saturated rings. The molecule has 0 unspecified atom stereocenters. The Kier molecular flexibility index (Phi) is 19.6. The molecule has 2 aromatic rings. The first kappa shape index (κ1) is 43.9. The van der Waals surface area contributed by atoms with Gasteiger partial charge in [0.15, 0.2) is 0 Å². The van der Waals surface area contributed by atoms with Gasteiger partial charge in [0.2, 0.25) is 9.99 Å². The minimum absolute atomic E-state index is 0. The molecule has 2 heterocycles. The number of anilines is 4. The zero-order valence-corrected chi connectivity index (χ0v) is 33.6. The molecule has 0 atom stereocenters. The van der Waals surface area contributed by atoms with Crippen molar-refractivity contribution in [2.24, 2.45) is 0 Å². The number of benzene rings is 2. The Morgan fingerprint density at radius 1 is 0.449 bits per heavy atom. The van der Waals surface area contributed by atoms with Gasteiger partial charge in [-0.2, -0.15) is 0 Å². The fourth-order valence-electron chi connectivity index (χ4n) is 6.45.